The zero-order chi connectivity index (χ0) is 22.5. The highest BCUT2D eigenvalue weighted by atomic mass is 32.1. The zero-order valence-electron chi connectivity index (χ0n) is 19.0. The van der Waals surface area contributed by atoms with Gasteiger partial charge in [-0.05, 0) is 67.8 Å². The molecule has 2 atom stereocenters. The molecule has 1 amide bonds. The normalized spacial score (nSPS) is 19.1. The maximum Gasteiger partial charge on any atom is 0.237 e. The van der Waals surface area contributed by atoms with Crippen LogP contribution in [0.3, 0.4) is 0 Å². The van der Waals surface area contributed by atoms with E-state index in [2.05, 4.69) is 16.3 Å². The van der Waals surface area contributed by atoms with E-state index < -0.39 is 6.10 Å². The van der Waals surface area contributed by atoms with E-state index in [0.29, 0.717) is 45.5 Å². The van der Waals surface area contributed by atoms with Crippen molar-refractivity contribution < 1.29 is 19.4 Å². The van der Waals surface area contributed by atoms with Gasteiger partial charge in [0, 0.05) is 30.6 Å². The molecule has 6 nitrogen and oxygen atoms in total. The van der Waals surface area contributed by atoms with Crippen LogP contribution in [0.25, 0.3) is 0 Å². The first-order chi connectivity index (χ1) is 15.5. The molecule has 1 N–H and O–H groups in total. The maximum atomic E-state index is 13.5. The van der Waals surface area contributed by atoms with Gasteiger partial charge in [0.05, 0.1) is 25.3 Å². The number of ether oxygens (including phenoxy) is 2. The minimum absolute atomic E-state index is 0.0904. The van der Waals surface area contributed by atoms with E-state index in [1.807, 2.05) is 43.0 Å². The van der Waals surface area contributed by atoms with Crippen molar-refractivity contribution in [1.82, 2.24) is 9.80 Å². The summed E-state index contributed by atoms with van der Waals surface area (Å²) in [6.07, 6.45) is 2.48. The molecule has 1 aliphatic heterocycles. The molecular weight excluding hydrogens is 424 g/mol. The van der Waals surface area contributed by atoms with E-state index >= 15 is 0 Å². The standard InChI is InChI=1S/C25H34N2O4S/c1-3-30-16-20(28)14-26(19-7-8-19)15-25(29)27-11-9-24-22(10-12-32-24)23(27)17-31-21-6-4-5-18(2)13-21/h4-6,10,12-13,19-20,23,28H,3,7-9,11,14-17H2,1-2H3/t20-,23-/m0/s1. The molecule has 2 heterocycles. The van der Waals surface area contributed by atoms with Crippen molar-refractivity contribution >= 4 is 17.2 Å². The number of amides is 1. The van der Waals surface area contributed by atoms with Crippen LogP contribution in [0, 0.1) is 6.92 Å². The SMILES string of the molecule is CCOC[C@@H](O)CN(CC(=O)N1CCc2sccc2[C@@H]1COc1cccc(C)c1)C1CC1. The minimum Gasteiger partial charge on any atom is -0.491 e. The second-order valence-corrected chi connectivity index (χ2v) is 9.75. The van der Waals surface area contributed by atoms with E-state index in [4.69, 9.17) is 9.47 Å². The maximum absolute atomic E-state index is 13.5. The highest BCUT2D eigenvalue weighted by molar-refractivity contribution is 7.10. The van der Waals surface area contributed by atoms with E-state index in [-0.39, 0.29) is 11.9 Å². The van der Waals surface area contributed by atoms with E-state index in [1.54, 1.807) is 11.3 Å². The summed E-state index contributed by atoms with van der Waals surface area (Å²) in [6, 6.07) is 10.5. The third-order valence-electron chi connectivity index (χ3n) is 6.17. The lowest BCUT2D eigenvalue weighted by atomic mass is 10.0. The molecule has 7 heteroatoms. The van der Waals surface area contributed by atoms with Gasteiger partial charge in [0.2, 0.25) is 5.91 Å². The zero-order valence-corrected chi connectivity index (χ0v) is 19.9. The first-order valence-corrected chi connectivity index (χ1v) is 12.5. The molecule has 0 bridgehead atoms. The van der Waals surface area contributed by atoms with Crippen LogP contribution >= 0.6 is 11.3 Å². The summed E-state index contributed by atoms with van der Waals surface area (Å²) in [6.45, 7) is 6.80. The Bertz CT molecular complexity index is 898. The minimum atomic E-state index is -0.575. The number of aliphatic hydroxyl groups is 1. The predicted molar refractivity (Wildman–Crippen MR) is 126 cm³/mol. The van der Waals surface area contributed by atoms with Crippen molar-refractivity contribution in [2.45, 2.75) is 51.3 Å². The fraction of sp³-hybridized carbons (Fsp3) is 0.560. The van der Waals surface area contributed by atoms with Crippen LogP contribution in [-0.2, 0) is 16.0 Å². The van der Waals surface area contributed by atoms with Crippen molar-refractivity contribution in [1.29, 1.82) is 0 Å². The van der Waals surface area contributed by atoms with Crippen LogP contribution < -0.4 is 4.74 Å². The largest absolute Gasteiger partial charge is 0.491 e. The topological polar surface area (TPSA) is 62.2 Å². The highest BCUT2D eigenvalue weighted by Crippen LogP contribution is 2.35. The fourth-order valence-electron chi connectivity index (χ4n) is 4.38. The molecule has 1 saturated carbocycles. The Balaban J connectivity index is 1.44. The Hall–Kier alpha value is -1.93. The molecule has 0 spiro atoms. The average molecular weight is 459 g/mol. The van der Waals surface area contributed by atoms with Crippen LogP contribution in [0.5, 0.6) is 5.75 Å². The third-order valence-corrected chi connectivity index (χ3v) is 7.17. The third kappa shape index (κ3) is 5.90. The Morgan fingerprint density at radius 1 is 1.34 bits per heavy atom. The lowest BCUT2D eigenvalue weighted by molar-refractivity contribution is -0.136. The van der Waals surface area contributed by atoms with E-state index in [9.17, 15) is 9.90 Å². The number of rotatable bonds is 11. The molecule has 0 saturated heterocycles. The fourth-order valence-corrected chi connectivity index (χ4v) is 5.31. The predicted octanol–water partition coefficient (Wildman–Crippen LogP) is 3.42. The van der Waals surface area contributed by atoms with Crippen LogP contribution in [0.1, 0.15) is 41.8 Å². The second kappa shape index (κ2) is 10.8. The quantitative estimate of drug-likeness (QED) is 0.559. The van der Waals surface area contributed by atoms with Gasteiger partial charge < -0.3 is 19.5 Å². The Morgan fingerprint density at radius 3 is 2.94 bits per heavy atom. The number of hydrogen-bond donors (Lipinski definition) is 1. The molecule has 1 aromatic heterocycles. The van der Waals surface area contributed by atoms with Crippen molar-refractivity contribution in [3.8, 4) is 5.75 Å². The smallest absolute Gasteiger partial charge is 0.237 e. The molecule has 1 aromatic carbocycles. The molecule has 32 heavy (non-hydrogen) atoms. The second-order valence-electron chi connectivity index (χ2n) is 8.75. The van der Waals surface area contributed by atoms with Gasteiger partial charge in [-0.15, -0.1) is 11.3 Å². The number of aliphatic hydroxyl groups excluding tert-OH is 1. The monoisotopic (exact) mass is 458 g/mol. The summed E-state index contributed by atoms with van der Waals surface area (Å²) in [5, 5.41) is 12.4. The molecule has 1 aliphatic carbocycles. The Morgan fingerprint density at radius 2 is 2.19 bits per heavy atom. The van der Waals surface area contributed by atoms with Gasteiger partial charge in [0.15, 0.2) is 0 Å². The Kier molecular flexibility index (Phi) is 7.84. The number of nitrogens with zero attached hydrogens (tertiary/aromatic N) is 2. The van der Waals surface area contributed by atoms with Gasteiger partial charge in [0.25, 0.3) is 0 Å². The molecular formula is C25H34N2O4S. The number of carbonyl (C=O) groups excluding carboxylic acids is 1. The van der Waals surface area contributed by atoms with Gasteiger partial charge in [0.1, 0.15) is 12.4 Å². The molecule has 1 fully saturated rings. The first-order valence-electron chi connectivity index (χ1n) is 11.6. The first kappa shape index (κ1) is 23.2. The summed E-state index contributed by atoms with van der Waals surface area (Å²) < 4.78 is 11.5. The van der Waals surface area contributed by atoms with Crippen molar-refractivity contribution in [2.24, 2.45) is 0 Å². The number of hydrogen-bond acceptors (Lipinski definition) is 6. The molecule has 0 radical (unpaired) electrons. The summed E-state index contributed by atoms with van der Waals surface area (Å²) in [7, 11) is 0. The van der Waals surface area contributed by atoms with Gasteiger partial charge in [-0.2, -0.15) is 0 Å². The highest BCUT2D eigenvalue weighted by Gasteiger charge is 2.36. The molecule has 174 valence electrons. The lowest BCUT2D eigenvalue weighted by Crippen LogP contribution is -2.48. The summed E-state index contributed by atoms with van der Waals surface area (Å²) in [5.41, 5.74) is 2.36. The number of carbonyl (C=O) groups is 1. The number of fused-ring (bicyclic) bond motifs is 1. The van der Waals surface area contributed by atoms with Crippen LogP contribution in [0.4, 0.5) is 0 Å². The molecule has 4 rings (SSSR count). The van der Waals surface area contributed by atoms with Crippen LogP contribution in [-0.4, -0.2) is 72.4 Å². The molecule has 2 aromatic rings. The molecule has 2 aliphatic rings. The van der Waals surface area contributed by atoms with Crippen LogP contribution in [0.15, 0.2) is 35.7 Å². The Labute approximate surface area is 194 Å². The number of thiophene rings is 1. The van der Waals surface area contributed by atoms with Crippen molar-refractivity contribution in [3.63, 3.8) is 0 Å². The van der Waals surface area contributed by atoms with E-state index in [0.717, 1.165) is 30.6 Å². The van der Waals surface area contributed by atoms with Gasteiger partial charge in [-0.1, -0.05) is 12.1 Å². The average Bonchev–Trinajstić information content (AvgIpc) is 3.52. The van der Waals surface area contributed by atoms with Crippen molar-refractivity contribution in [3.05, 3.63) is 51.7 Å². The molecule has 0 unspecified atom stereocenters. The lowest BCUT2D eigenvalue weighted by Gasteiger charge is -2.37. The summed E-state index contributed by atoms with van der Waals surface area (Å²) >= 11 is 1.76. The van der Waals surface area contributed by atoms with Crippen molar-refractivity contribution in [2.75, 3.05) is 39.5 Å². The number of aryl methyl sites for hydroxylation is 1. The van der Waals surface area contributed by atoms with Gasteiger partial charge in [-0.3, -0.25) is 9.69 Å². The summed E-state index contributed by atoms with van der Waals surface area (Å²) in [4.78, 5) is 18.9. The van der Waals surface area contributed by atoms with Crippen LogP contribution in [0.2, 0.25) is 0 Å². The van der Waals surface area contributed by atoms with E-state index in [1.165, 1.54) is 10.4 Å². The summed E-state index contributed by atoms with van der Waals surface area (Å²) in [5.74, 6) is 0.939. The van der Waals surface area contributed by atoms with Gasteiger partial charge >= 0.3 is 0 Å². The van der Waals surface area contributed by atoms with Gasteiger partial charge in [-0.25, -0.2) is 0 Å². The number of benzene rings is 1.